The Labute approximate surface area is 428 Å². The standard InChI is InChI=1S/C27H17ClN4.C18H14BNO2.C9H5Cl2N3.HI/c28-27-30-25(18-8-2-1-3-9-18)29-26(31-27)19-14-16-20(17-15-19)32-23-12-6-4-10-21(23)22-11-5-7-13-24(22)32;21-19(22)13-9-11-14(12-10-13)20-17-7-3-1-5-15(17)16-6-2-4-8-18(16)20;10-8-12-7(13-9(11)14-8)6-4-2-1-3-5-6;/h1-17H;1-12,21-22H;1-5H;1H. The Kier molecular flexibility index (Phi) is 14.4. The third kappa shape index (κ3) is 10.1. The van der Waals surface area contributed by atoms with Crippen LogP contribution in [0.25, 0.3) is 89.2 Å². The monoisotopic (exact) mass is 1070 g/mol. The van der Waals surface area contributed by atoms with Gasteiger partial charge in [-0.25, -0.2) is 4.98 Å². The summed E-state index contributed by atoms with van der Waals surface area (Å²) < 4.78 is 4.47. The fourth-order valence-electron chi connectivity index (χ4n) is 8.19. The largest absolute Gasteiger partial charge is 0.488 e. The number of benzene rings is 8. The number of rotatable bonds is 6. The molecule has 4 aromatic heterocycles. The van der Waals surface area contributed by atoms with Gasteiger partial charge in [0.2, 0.25) is 15.9 Å². The van der Waals surface area contributed by atoms with Crippen molar-refractivity contribution in [2.75, 3.05) is 0 Å². The first-order valence-corrected chi connectivity index (χ1v) is 22.6. The summed E-state index contributed by atoms with van der Waals surface area (Å²) in [6.45, 7) is 0. The van der Waals surface area contributed by atoms with Crippen molar-refractivity contribution in [2.45, 2.75) is 0 Å². The van der Waals surface area contributed by atoms with Crippen LogP contribution in [0.15, 0.2) is 206 Å². The molecule has 0 amide bonds. The van der Waals surface area contributed by atoms with Gasteiger partial charge in [0.05, 0.1) is 22.1 Å². The molecule has 8 aromatic carbocycles. The molecule has 0 unspecified atom stereocenters. The van der Waals surface area contributed by atoms with Gasteiger partial charge >= 0.3 is 7.12 Å². The van der Waals surface area contributed by atoms with Crippen molar-refractivity contribution in [2.24, 2.45) is 0 Å². The van der Waals surface area contributed by atoms with E-state index in [1.54, 1.807) is 12.1 Å². The van der Waals surface area contributed by atoms with Crippen LogP contribution in [-0.2, 0) is 0 Å². The molecule has 0 saturated heterocycles. The van der Waals surface area contributed by atoms with E-state index in [4.69, 9.17) is 34.8 Å². The second kappa shape index (κ2) is 21.1. The van der Waals surface area contributed by atoms with Crippen LogP contribution < -0.4 is 5.46 Å². The van der Waals surface area contributed by atoms with Crippen LogP contribution in [0.5, 0.6) is 0 Å². The Bertz CT molecular complexity index is 3590. The molecule has 0 radical (unpaired) electrons. The van der Waals surface area contributed by atoms with Gasteiger partial charge in [0.1, 0.15) is 0 Å². The van der Waals surface area contributed by atoms with Crippen LogP contribution in [0.4, 0.5) is 0 Å². The number of halogens is 4. The van der Waals surface area contributed by atoms with Crippen molar-refractivity contribution in [3.8, 4) is 45.5 Å². The van der Waals surface area contributed by atoms with Gasteiger partial charge in [-0.15, -0.1) is 24.0 Å². The summed E-state index contributed by atoms with van der Waals surface area (Å²) in [6.07, 6.45) is 0. The molecule has 15 heteroatoms. The lowest BCUT2D eigenvalue weighted by Gasteiger charge is -2.09. The fraction of sp³-hybridized carbons (Fsp3) is 0. The molecule has 0 fully saturated rings. The highest BCUT2D eigenvalue weighted by Crippen LogP contribution is 2.34. The van der Waals surface area contributed by atoms with E-state index >= 15 is 0 Å². The van der Waals surface area contributed by atoms with Crippen molar-refractivity contribution in [1.82, 2.24) is 39.0 Å². The molecule has 12 aromatic rings. The molecule has 10 nitrogen and oxygen atoms in total. The average Bonchev–Trinajstić information content (AvgIpc) is 3.90. The van der Waals surface area contributed by atoms with Gasteiger partial charge in [-0.05, 0) is 101 Å². The summed E-state index contributed by atoms with van der Waals surface area (Å²) in [6, 6.07) is 68.3. The minimum absolute atomic E-state index is 0. The maximum Gasteiger partial charge on any atom is 0.488 e. The molecule has 12 rings (SSSR count). The smallest absolute Gasteiger partial charge is 0.423 e. The van der Waals surface area contributed by atoms with E-state index in [1.807, 2.05) is 109 Å². The van der Waals surface area contributed by atoms with Gasteiger partial charge in [0.25, 0.3) is 0 Å². The predicted molar refractivity (Wildman–Crippen MR) is 291 cm³/mol. The number of hydrogen-bond acceptors (Lipinski definition) is 8. The first kappa shape index (κ1) is 47.0. The van der Waals surface area contributed by atoms with E-state index in [1.165, 1.54) is 32.6 Å². The van der Waals surface area contributed by atoms with E-state index in [0.717, 1.165) is 39.1 Å². The molecule has 0 aliphatic carbocycles. The van der Waals surface area contributed by atoms with Crippen LogP contribution in [0, 0.1) is 0 Å². The first-order chi connectivity index (χ1) is 33.3. The van der Waals surface area contributed by atoms with Crippen molar-refractivity contribution in [3.63, 3.8) is 0 Å². The summed E-state index contributed by atoms with van der Waals surface area (Å²) in [4.78, 5) is 24.9. The highest BCUT2D eigenvalue weighted by Gasteiger charge is 2.16. The summed E-state index contributed by atoms with van der Waals surface area (Å²) >= 11 is 17.5. The van der Waals surface area contributed by atoms with Crippen molar-refractivity contribution >= 4 is 115 Å². The molecular formula is C54H37BCl3IN8O2. The molecule has 336 valence electrons. The fourth-order valence-corrected chi connectivity index (χ4v) is 8.72. The van der Waals surface area contributed by atoms with Crippen molar-refractivity contribution in [1.29, 1.82) is 0 Å². The summed E-state index contributed by atoms with van der Waals surface area (Å²) in [5.41, 5.74) is 9.85. The van der Waals surface area contributed by atoms with Crippen molar-refractivity contribution < 1.29 is 10.0 Å². The maximum absolute atomic E-state index is 9.24. The molecule has 0 aliphatic rings. The molecule has 69 heavy (non-hydrogen) atoms. The zero-order chi connectivity index (χ0) is 46.6. The van der Waals surface area contributed by atoms with Crippen LogP contribution in [0.2, 0.25) is 15.9 Å². The lowest BCUT2D eigenvalue weighted by molar-refractivity contribution is 0.426. The lowest BCUT2D eigenvalue weighted by atomic mass is 9.80. The molecule has 0 saturated carbocycles. The van der Waals surface area contributed by atoms with Gasteiger partial charge in [-0.3, -0.25) is 0 Å². The number of aromatic nitrogens is 8. The van der Waals surface area contributed by atoms with Gasteiger partial charge in [-0.1, -0.05) is 146 Å². The van der Waals surface area contributed by atoms with Gasteiger partial charge in [-0.2, -0.15) is 24.9 Å². The van der Waals surface area contributed by atoms with Crippen LogP contribution in [0.3, 0.4) is 0 Å². The predicted octanol–water partition coefficient (Wildman–Crippen LogP) is 12.9. The van der Waals surface area contributed by atoms with Gasteiger partial charge < -0.3 is 19.2 Å². The maximum atomic E-state index is 9.24. The number of nitrogens with zero attached hydrogens (tertiary/aromatic N) is 8. The van der Waals surface area contributed by atoms with Crippen LogP contribution in [-0.4, -0.2) is 56.2 Å². The number of hydrogen-bond donors (Lipinski definition) is 2. The molecule has 0 spiro atoms. The average molecular weight is 1070 g/mol. The van der Waals surface area contributed by atoms with E-state index < -0.39 is 7.12 Å². The molecule has 2 N–H and O–H groups in total. The Morgan fingerprint density at radius 1 is 0.319 bits per heavy atom. The quantitative estimate of drug-likeness (QED) is 0.124. The second-order valence-corrected chi connectivity index (χ2v) is 16.4. The Morgan fingerprint density at radius 3 is 0.971 bits per heavy atom. The highest BCUT2D eigenvalue weighted by molar-refractivity contribution is 14.0. The molecule has 0 atom stereocenters. The zero-order valence-electron chi connectivity index (χ0n) is 36.2. The molecule has 0 bridgehead atoms. The van der Waals surface area contributed by atoms with Gasteiger partial charge in [0, 0.05) is 49.6 Å². The summed E-state index contributed by atoms with van der Waals surface area (Å²) in [5, 5.41) is 23.8. The van der Waals surface area contributed by atoms with E-state index in [-0.39, 0.29) is 39.8 Å². The van der Waals surface area contributed by atoms with E-state index in [2.05, 4.69) is 124 Å². The summed E-state index contributed by atoms with van der Waals surface area (Å²) in [5.74, 6) is 1.60. The normalized spacial score (nSPS) is 10.9. The van der Waals surface area contributed by atoms with Gasteiger partial charge in [0.15, 0.2) is 17.5 Å². The lowest BCUT2D eigenvalue weighted by Crippen LogP contribution is -2.29. The van der Waals surface area contributed by atoms with Crippen LogP contribution >= 0.6 is 58.8 Å². The molecule has 4 heterocycles. The first-order valence-electron chi connectivity index (χ1n) is 21.4. The third-order valence-electron chi connectivity index (χ3n) is 11.2. The van der Waals surface area contributed by atoms with Crippen molar-refractivity contribution in [3.05, 3.63) is 222 Å². The van der Waals surface area contributed by atoms with Crippen LogP contribution in [0.1, 0.15) is 0 Å². The SMILES string of the molecule is Clc1nc(-c2ccccc2)nc(-c2ccc(-n3c4ccccc4c4ccccc43)cc2)n1.Clc1nc(Cl)nc(-c2ccccc2)n1.I.OB(O)c1ccc(-n2c3ccccc3c3ccccc32)cc1. The Balaban J connectivity index is 0.000000139. The minimum atomic E-state index is -1.44. The molecular weight excluding hydrogens is 1040 g/mol. The second-order valence-electron chi connectivity index (χ2n) is 15.4. The summed E-state index contributed by atoms with van der Waals surface area (Å²) in [7, 11) is -1.44. The highest BCUT2D eigenvalue weighted by atomic mass is 127. The minimum Gasteiger partial charge on any atom is -0.423 e. The zero-order valence-corrected chi connectivity index (χ0v) is 40.8. The number of para-hydroxylation sites is 4. The van der Waals surface area contributed by atoms with E-state index in [9.17, 15) is 10.0 Å². The molecule has 0 aliphatic heterocycles. The van der Waals surface area contributed by atoms with E-state index in [0.29, 0.717) is 22.9 Å². The Hall–Kier alpha value is -7.04. The Morgan fingerprint density at radius 2 is 0.609 bits per heavy atom. The third-order valence-corrected chi connectivity index (χ3v) is 11.8. The topological polar surface area (TPSA) is 128 Å². The number of fused-ring (bicyclic) bond motifs is 6.